The minimum Gasteiger partial charge on any atom is -0.493 e. The van der Waals surface area contributed by atoms with E-state index in [1.165, 1.54) is 32.7 Å². The number of amides is 1. The molecule has 0 fully saturated rings. The van der Waals surface area contributed by atoms with Crippen LogP contribution in [0.25, 0.3) is 21.5 Å². The van der Waals surface area contributed by atoms with Crippen molar-refractivity contribution in [1.82, 2.24) is 16.0 Å². The third-order valence-electron chi connectivity index (χ3n) is 7.78. The lowest BCUT2D eigenvalue weighted by molar-refractivity contribution is 0.0935. The first kappa shape index (κ1) is 29.1. The third kappa shape index (κ3) is 6.90. The van der Waals surface area contributed by atoms with Gasteiger partial charge in [0.1, 0.15) is 0 Å². The molecule has 3 N–H and O–H groups in total. The number of benzene rings is 5. The fourth-order valence-electron chi connectivity index (χ4n) is 5.66. The predicted octanol–water partition coefficient (Wildman–Crippen LogP) is 5.77. The lowest BCUT2D eigenvalue weighted by Gasteiger charge is -2.25. The van der Waals surface area contributed by atoms with E-state index in [0.717, 1.165) is 13.0 Å². The maximum atomic E-state index is 13.5. The van der Waals surface area contributed by atoms with Gasteiger partial charge in [0.25, 0.3) is 5.91 Å². The maximum Gasteiger partial charge on any atom is 0.251 e. The molecular weight excluding hydrogens is 522 g/mol. The molecule has 5 rings (SSSR count). The van der Waals surface area contributed by atoms with Crippen LogP contribution in [0.2, 0.25) is 0 Å². The van der Waals surface area contributed by atoms with Crippen LogP contribution >= 0.6 is 0 Å². The quantitative estimate of drug-likeness (QED) is 0.170. The Balaban J connectivity index is 1.38. The molecule has 0 aliphatic carbocycles. The third-order valence-corrected chi connectivity index (χ3v) is 7.78. The van der Waals surface area contributed by atoms with Crippen molar-refractivity contribution < 1.29 is 14.3 Å². The van der Waals surface area contributed by atoms with Gasteiger partial charge in [-0.05, 0) is 70.8 Å². The predicted molar refractivity (Wildman–Crippen MR) is 172 cm³/mol. The number of rotatable bonds is 13. The van der Waals surface area contributed by atoms with Crippen molar-refractivity contribution in [3.63, 3.8) is 0 Å². The largest absolute Gasteiger partial charge is 0.493 e. The van der Waals surface area contributed by atoms with Gasteiger partial charge in [0.05, 0.1) is 14.2 Å². The van der Waals surface area contributed by atoms with Gasteiger partial charge < -0.3 is 25.4 Å². The van der Waals surface area contributed by atoms with E-state index < -0.39 is 0 Å². The second-order valence-corrected chi connectivity index (χ2v) is 10.6. The van der Waals surface area contributed by atoms with E-state index >= 15 is 0 Å². The van der Waals surface area contributed by atoms with E-state index in [2.05, 4.69) is 101 Å². The number of carbonyl (C=O) groups is 1. The first-order chi connectivity index (χ1) is 20.6. The van der Waals surface area contributed by atoms with Crippen molar-refractivity contribution in [3.8, 4) is 11.5 Å². The molecule has 5 aromatic rings. The molecule has 2 atom stereocenters. The Labute approximate surface area is 248 Å². The number of ether oxygens (including phenoxy) is 2. The highest BCUT2D eigenvalue weighted by molar-refractivity contribution is 5.95. The summed E-state index contributed by atoms with van der Waals surface area (Å²) in [7, 11) is 5.14. The Hall–Kier alpha value is -4.39. The van der Waals surface area contributed by atoms with Gasteiger partial charge >= 0.3 is 0 Å². The molecule has 0 aliphatic rings. The van der Waals surface area contributed by atoms with E-state index in [0.29, 0.717) is 30.0 Å². The number of hydrogen-bond donors (Lipinski definition) is 3. The van der Waals surface area contributed by atoms with Gasteiger partial charge in [-0.25, -0.2) is 0 Å². The van der Waals surface area contributed by atoms with Crippen LogP contribution in [-0.2, 0) is 12.8 Å². The monoisotopic (exact) mass is 561 g/mol. The minimum absolute atomic E-state index is 0.150. The fraction of sp³-hybridized carbons (Fsp3) is 0.250. The first-order valence-corrected chi connectivity index (χ1v) is 14.4. The van der Waals surface area contributed by atoms with Gasteiger partial charge in [-0.2, -0.15) is 0 Å². The number of fused-ring (bicyclic) bond motifs is 2. The summed E-state index contributed by atoms with van der Waals surface area (Å²) >= 11 is 0. The Morgan fingerprint density at radius 1 is 0.667 bits per heavy atom. The lowest BCUT2D eigenvalue weighted by Crippen LogP contribution is -2.48. The fourth-order valence-corrected chi connectivity index (χ4v) is 5.66. The van der Waals surface area contributed by atoms with E-state index in [1.807, 2.05) is 7.05 Å². The zero-order valence-electron chi connectivity index (χ0n) is 24.5. The maximum absolute atomic E-state index is 13.5. The van der Waals surface area contributed by atoms with Crippen molar-refractivity contribution in [2.45, 2.75) is 24.9 Å². The molecule has 42 heavy (non-hydrogen) atoms. The summed E-state index contributed by atoms with van der Waals surface area (Å²) < 4.78 is 10.8. The molecule has 6 nitrogen and oxygen atoms in total. The van der Waals surface area contributed by atoms with Crippen molar-refractivity contribution >= 4 is 27.5 Å². The second kappa shape index (κ2) is 14.0. The highest BCUT2D eigenvalue weighted by Gasteiger charge is 2.20. The summed E-state index contributed by atoms with van der Waals surface area (Å²) in [6, 6.07) is 35.0. The average Bonchev–Trinajstić information content (AvgIpc) is 3.03. The van der Waals surface area contributed by atoms with Crippen LogP contribution in [-0.4, -0.2) is 52.3 Å². The summed E-state index contributed by atoms with van der Waals surface area (Å²) in [5.41, 5.74) is 3.03. The molecule has 0 bridgehead atoms. The molecule has 0 aliphatic heterocycles. The van der Waals surface area contributed by atoms with E-state index in [1.54, 1.807) is 32.4 Å². The van der Waals surface area contributed by atoms with Crippen LogP contribution in [0.5, 0.6) is 11.5 Å². The minimum atomic E-state index is -0.151. The second-order valence-electron chi connectivity index (χ2n) is 10.6. The molecule has 0 heterocycles. The molecule has 0 radical (unpaired) electrons. The molecule has 1 amide bonds. The molecule has 0 aromatic heterocycles. The summed E-state index contributed by atoms with van der Waals surface area (Å²) in [4.78, 5) is 13.5. The van der Waals surface area contributed by atoms with Gasteiger partial charge in [-0.3, -0.25) is 4.79 Å². The smallest absolute Gasteiger partial charge is 0.251 e. The molecule has 0 saturated heterocycles. The zero-order chi connectivity index (χ0) is 29.3. The van der Waals surface area contributed by atoms with Crippen molar-refractivity contribution in [1.29, 1.82) is 0 Å². The Morgan fingerprint density at radius 3 is 1.83 bits per heavy atom. The van der Waals surface area contributed by atoms with Crippen LogP contribution in [0.3, 0.4) is 0 Å². The van der Waals surface area contributed by atoms with Gasteiger partial charge in [0.15, 0.2) is 11.5 Å². The molecule has 5 aromatic carbocycles. The zero-order valence-corrected chi connectivity index (χ0v) is 24.5. The van der Waals surface area contributed by atoms with Crippen LogP contribution in [0.15, 0.2) is 103 Å². The standard InChI is InChI=1S/C36H39N3O3/c1-37-23-30(20-27-14-8-12-25-10-4-6-16-32(25)27)38-24-31(21-28-15-9-13-26-11-5-7-17-33(26)28)39-36(40)29-18-19-34(41-2)35(22-29)42-3/h4-19,22,30-31,37-38H,20-21,23-24H2,1-3H3,(H,39,40)/t30-,31-/m0/s1. The van der Waals surface area contributed by atoms with Gasteiger partial charge in [-0.15, -0.1) is 0 Å². The summed E-state index contributed by atoms with van der Waals surface area (Å²) in [6.45, 7) is 1.41. The highest BCUT2D eigenvalue weighted by atomic mass is 16.5. The summed E-state index contributed by atoms with van der Waals surface area (Å²) in [5, 5.41) is 15.3. The van der Waals surface area contributed by atoms with Crippen molar-refractivity contribution in [3.05, 3.63) is 120 Å². The van der Waals surface area contributed by atoms with Crippen molar-refractivity contribution in [2.24, 2.45) is 0 Å². The first-order valence-electron chi connectivity index (χ1n) is 14.4. The molecule has 0 saturated carbocycles. The van der Waals surface area contributed by atoms with E-state index in [4.69, 9.17) is 9.47 Å². The Kier molecular flexibility index (Phi) is 9.70. The number of hydrogen-bond acceptors (Lipinski definition) is 5. The summed E-state index contributed by atoms with van der Waals surface area (Å²) in [6.07, 6.45) is 1.56. The van der Waals surface area contributed by atoms with Crippen molar-refractivity contribution in [2.75, 3.05) is 34.4 Å². The van der Waals surface area contributed by atoms with Crippen LogP contribution in [0.4, 0.5) is 0 Å². The molecule has 216 valence electrons. The molecular formula is C36H39N3O3. The highest BCUT2D eigenvalue weighted by Crippen LogP contribution is 2.28. The SMILES string of the molecule is CNC[C@H](Cc1cccc2ccccc12)NC[C@H](Cc1cccc2ccccc12)NC(=O)c1ccc(OC)c(OC)c1. The number of carbonyl (C=O) groups excluding carboxylic acids is 1. The topological polar surface area (TPSA) is 71.6 Å². The van der Waals surface area contributed by atoms with Crippen LogP contribution < -0.4 is 25.4 Å². The number of likely N-dealkylation sites (N-methyl/N-ethyl adjacent to an activating group) is 1. The van der Waals surface area contributed by atoms with Gasteiger partial charge in [0, 0.05) is 30.7 Å². The lowest BCUT2D eigenvalue weighted by atomic mass is 9.97. The average molecular weight is 562 g/mol. The molecule has 6 heteroatoms. The number of methoxy groups -OCH3 is 2. The summed E-state index contributed by atoms with van der Waals surface area (Å²) in [5.74, 6) is 0.964. The van der Waals surface area contributed by atoms with Crippen LogP contribution in [0.1, 0.15) is 21.5 Å². The number of nitrogens with one attached hydrogen (secondary N) is 3. The molecule has 0 unspecified atom stereocenters. The Morgan fingerprint density at radius 2 is 1.24 bits per heavy atom. The van der Waals surface area contributed by atoms with Gasteiger partial charge in [0.2, 0.25) is 0 Å². The van der Waals surface area contributed by atoms with Gasteiger partial charge in [-0.1, -0.05) is 84.9 Å². The van der Waals surface area contributed by atoms with Crippen LogP contribution in [0, 0.1) is 0 Å². The normalized spacial score (nSPS) is 12.6. The molecule has 0 spiro atoms. The van der Waals surface area contributed by atoms with E-state index in [9.17, 15) is 4.79 Å². The Bertz CT molecular complexity index is 1640. The van der Waals surface area contributed by atoms with E-state index in [-0.39, 0.29) is 18.0 Å².